The average Bonchev–Trinajstić information content (AvgIpc) is 3.24. The van der Waals surface area contributed by atoms with Crippen LogP contribution in [0.25, 0.3) is 0 Å². The first kappa shape index (κ1) is 14.7. The molecule has 5 nitrogen and oxygen atoms in total. The van der Waals surface area contributed by atoms with Crippen molar-refractivity contribution in [3.05, 3.63) is 29.8 Å². The number of benzene rings is 1. The van der Waals surface area contributed by atoms with E-state index in [0.717, 1.165) is 12.8 Å². The molecule has 20 heavy (non-hydrogen) atoms. The number of nitrogens with zero attached hydrogens (tertiary/aromatic N) is 1. The Kier molecular flexibility index (Phi) is 4.23. The molecule has 0 atom stereocenters. The summed E-state index contributed by atoms with van der Waals surface area (Å²) >= 11 is 1.77. The summed E-state index contributed by atoms with van der Waals surface area (Å²) in [7, 11) is 1.58. The van der Waals surface area contributed by atoms with Gasteiger partial charge in [-0.15, -0.1) is 0 Å². The lowest BCUT2D eigenvalue weighted by molar-refractivity contribution is 0.0697. The Morgan fingerprint density at radius 1 is 1.40 bits per heavy atom. The molecular weight excluding hydrogens is 276 g/mol. The topological polar surface area (TPSA) is 69.6 Å². The van der Waals surface area contributed by atoms with E-state index < -0.39 is 5.97 Å². The Hall–Kier alpha value is -1.69. The molecule has 0 saturated heterocycles. The maximum Gasteiger partial charge on any atom is 0.337 e. The van der Waals surface area contributed by atoms with Crippen LogP contribution in [0.1, 0.15) is 23.2 Å². The third-order valence-corrected chi connectivity index (χ3v) is 5.02. The van der Waals surface area contributed by atoms with Gasteiger partial charge in [-0.05, 0) is 31.2 Å². The van der Waals surface area contributed by atoms with Crippen molar-refractivity contribution in [3.8, 4) is 0 Å². The van der Waals surface area contributed by atoms with Crippen LogP contribution in [0.2, 0.25) is 0 Å². The minimum absolute atomic E-state index is 0.121. The molecule has 1 aliphatic rings. The van der Waals surface area contributed by atoms with Crippen molar-refractivity contribution in [2.75, 3.05) is 24.7 Å². The standard InChI is InChI=1S/C14H18N2O3S/c1-16(11-6-4-3-5-10(11)12(17)18)13(19)15-9-14(20-2)7-8-14/h3-6H,7-9H2,1-2H3,(H,15,19)(H,17,18). The van der Waals surface area contributed by atoms with Crippen molar-refractivity contribution in [2.45, 2.75) is 17.6 Å². The van der Waals surface area contributed by atoms with E-state index in [9.17, 15) is 9.59 Å². The van der Waals surface area contributed by atoms with Gasteiger partial charge in [0.05, 0.1) is 11.3 Å². The van der Waals surface area contributed by atoms with E-state index in [1.165, 1.54) is 11.0 Å². The van der Waals surface area contributed by atoms with Crippen LogP contribution < -0.4 is 10.2 Å². The fourth-order valence-electron chi connectivity index (χ4n) is 2.00. The molecule has 1 aromatic carbocycles. The first-order valence-electron chi connectivity index (χ1n) is 6.38. The summed E-state index contributed by atoms with van der Waals surface area (Å²) < 4.78 is 0.183. The normalized spacial score (nSPS) is 15.5. The number of hydrogen-bond acceptors (Lipinski definition) is 3. The second kappa shape index (κ2) is 5.75. The molecule has 0 heterocycles. The number of nitrogens with one attached hydrogen (secondary N) is 1. The fourth-order valence-corrected chi connectivity index (χ4v) is 2.73. The summed E-state index contributed by atoms with van der Waals surface area (Å²) in [5.74, 6) is -1.04. The van der Waals surface area contributed by atoms with Crippen LogP contribution >= 0.6 is 11.8 Å². The lowest BCUT2D eigenvalue weighted by Gasteiger charge is -2.21. The van der Waals surface area contributed by atoms with Crippen LogP contribution in [0.3, 0.4) is 0 Å². The van der Waals surface area contributed by atoms with E-state index in [1.807, 2.05) is 6.26 Å². The first-order valence-corrected chi connectivity index (χ1v) is 7.60. The molecule has 1 saturated carbocycles. The molecule has 0 bridgehead atoms. The van der Waals surface area contributed by atoms with Crippen molar-refractivity contribution in [2.24, 2.45) is 0 Å². The zero-order valence-corrected chi connectivity index (χ0v) is 12.4. The molecule has 0 spiro atoms. The highest BCUT2D eigenvalue weighted by atomic mass is 32.2. The minimum atomic E-state index is -1.04. The molecule has 0 unspecified atom stereocenters. The van der Waals surface area contributed by atoms with E-state index in [0.29, 0.717) is 12.2 Å². The molecule has 1 fully saturated rings. The molecule has 6 heteroatoms. The number of urea groups is 1. The van der Waals surface area contributed by atoms with Gasteiger partial charge in [0.25, 0.3) is 0 Å². The molecule has 0 aliphatic heterocycles. The van der Waals surface area contributed by atoms with Crippen molar-refractivity contribution in [3.63, 3.8) is 0 Å². The Bertz CT molecular complexity index is 529. The van der Waals surface area contributed by atoms with E-state index >= 15 is 0 Å². The molecule has 1 aliphatic carbocycles. The van der Waals surface area contributed by atoms with E-state index in [-0.39, 0.29) is 16.3 Å². The van der Waals surface area contributed by atoms with Crippen LogP contribution in [0.15, 0.2) is 24.3 Å². The highest BCUT2D eigenvalue weighted by molar-refractivity contribution is 8.00. The summed E-state index contributed by atoms with van der Waals surface area (Å²) in [6.45, 7) is 0.618. The Morgan fingerprint density at radius 3 is 2.60 bits per heavy atom. The lowest BCUT2D eigenvalue weighted by Crippen LogP contribution is -2.41. The highest BCUT2D eigenvalue weighted by Gasteiger charge is 2.42. The number of hydrogen-bond donors (Lipinski definition) is 2. The van der Waals surface area contributed by atoms with Gasteiger partial charge in [-0.3, -0.25) is 4.90 Å². The van der Waals surface area contributed by atoms with Crippen molar-refractivity contribution in [1.82, 2.24) is 5.32 Å². The molecule has 0 aromatic heterocycles. The van der Waals surface area contributed by atoms with Crippen molar-refractivity contribution in [1.29, 1.82) is 0 Å². The summed E-state index contributed by atoms with van der Waals surface area (Å²) in [5, 5.41) is 12.0. The van der Waals surface area contributed by atoms with E-state index in [1.54, 1.807) is 37.0 Å². The predicted molar refractivity (Wildman–Crippen MR) is 80.7 cm³/mol. The first-order chi connectivity index (χ1) is 9.49. The number of carboxylic acids is 1. The van der Waals surface area contributed by atoms with Crippen LogP contribution in [-0.2, 0) is 0 Å². The van der Waals surface area contributed by atoms with Gasteiger partial charge in [0, 0.05) is 18.3 Å². The van der Waals surface area contributed by atoms with Crippen LogP contribution in [0.4, 0.5) is 10.5 Å². The van der Waals surface area contributed by atoms with Gasteiger partial charge >= 0.3 is 12.0 Å². The molecule has 0 radical (unpaired) electrons. The van der Waals surface area contributed by atoms with E-state index in [2.05, 4.69) is 5.32 Å². The molecule has 108 valence electrons. The quantitative estimate of drug-likeness (QED) is 0.875. The summed E-state index contributed by atoms with van der Waals surface area (Å²) in [6, 6.07) is 6.21. The number of carbonyl (C=O) groups is 2. The Labute approximate surface area is 122 Å². The fraction of sp³-hybridized carbons (Fsp3) is 0.429. The summed E-state index contributed by atoms with van der Waals surface area (Å²) in [4.78, 5) is 24.6. The van der Waals surface area contributed by atoms with Crippen molar-refractivity contribution < 1.29 is 14.7 Å². The van der Waals surface area contributed by atoms with Gasteiger partial charge in [0.1, 0.15) is 0 Å². The number of para-hydroxylation sites is 1. The van der Waals surface area contributed by atoms with Crippen molar-refractivity contribution >= 4 is 29.4 Å². The monoisotopic (exact) mass is 294 g/mol. The van der Waals surface area contributed by atoms with Crippen LogP contribution in [0, 0.1) is 0 Å². The summed E-state index contributed by atoms with van der Waals surface area (Å²) in [6.07, 6.45) is 4.27. The number of rotatable bonds is 5. The minimum Gasteiger partial charge on any atom is -0.478 e. The molecule has 1 aromatic rings. The van der Waals surface area contributed by atoms with Gasteiger partial charge < -0.3 is 10.4 Å². The van der Waals surface area contributed by atoms with Gasteiger partial charge in [0.15, 0.2) is 0 Å². The number of aromatic carboxylic acids is 1. The third-order valence-electron chi connectivity index (χ3n) is 3.60. The Morgan fingerprint density at radius 2 is 2.05 bits per heavy atom. The number of carboxylic acid groups (broad SMARTS) is 1. The second-order valence-electron chi connectivity index (χ2n) is 4.93. The maximum absolute atomic E-state index is 12.1. The number of anilines is 1. The van der Waals surface area contributed by atoms with Crippen LogP contribution in [0.5, 0.6) is 0 Å². The summed E-state index contributed by atoms with van der Waals surface area (Å²) in [5.41, 5.74) is 0.516. The SMILES string of the molecule is CSC1(CNC(=O)N(C)c2ccccc2C(=O)O)CC1. The molecule has 2 N–H and O–H groups in total. The van der Waals surface area contributed by atoms with Gasteiger partial charge in [-0.1, -0.05) is 12.1 Å². The number of amides is 2. The lowest BCUT2D eigenvalue weighted by atomic mass is 10.1. The maximum atomic E-state index is 12.1. The van der Waals surface area contributed by atoms with Crippen LogP contribution in [-0.4, -0.2) is 41.7 Å². The largest absolute Gasteiger partial charge is 0.478 e. The average molecular weight is 294 g/mol. The van der Waals surface area contributed by atoms with Gasteiger partial charge in [0.2, 0.25) is 0 Å². The van der Waals surface area contributed by atoms with Gasteiger partial charge in [-0.25, -0.2) is 9.59 Å². The zero-order chi connectivity index (χ0) is 14.8. The van der Waals surface area contributed by atoms with E-state index in [4.69, 9.17) is 5.11 Å². The predicted octanol–water partition coefficient (Wildman–Crippen LogP) is 2.43. The smallest absolute Gasteiger partial charge is 0.337 e. The number of thioether (sulfide) groups is 1. The highest BCUT2D eigenvalue weighted by Crippen LogP contribution is 2.46. The number of carbonyl (C=O) groups excluding carboxylic acids is 1. The Balaban J connectivity index is 2.05. The zero-order valence-electron chi connectivity index (χ0n) is 11.5. The third kappa shape index (κ3) is 3.07. The molecule has 2 rings (SSSR count). The second-order valence-corrected chi connectivity index (χ2v) is 6.20. The van der Waals surface area contributed by atoms with Gasteiger partial charge in [-0.2, -0.15) is 11.8 Å². The molecule has 2 amide bonds. The molecular formula is C14H18N2O3S.